The first-order valence-corrected chi connectivity index (χ1v) is 6.02. The molecule has 2 aromatic carbocycles. The van der Waals surface area contributed by atoms with Gasteiger partial charge in [0.15, 0.2) is 0 Å². The molecular weight excluding hydrogens is 230 g/mol. The maximum absolute atomic E-state index is 10.5. The summed E-state index contributed by atoms with van der Waals surface area (Å²) < 4.78 is 5.63. The van der Waals surface area contributed by atoms with E-state index in [1.807, 2.05) is 24.3 Å². The number of fused-ring (bicyclic) bond motifs is 3. The van der Waals surface area contributed by atoms with Gasteiger partial charge in [-0.1, -0.05) is 30.3 Å². The fraction of sp³-hybridized carbons (Fsp3) is 0.286. The molecule has 0 N–H and O–H groups in total. The van der Waals surface area contributed by atoms with Crippen LogP contribution in [0.2, 0.25) is 0 Å². The molecule has 0 fully saturated rings. The molecule has 0 spiro atoms. The highest BCUT2D eigenvalue weighted by molar-refractivity contribution is 5.88. The Hall–Kier alpha value is -2.10. The summed E-state index contributed by atoms with van der Waals surface area (Å²) in [7, 11) is 0. The van der Waals surface area contributed by atoms with Gasteiger partial charge < -0.3 is 4.74 Å². The summed E-state index contributed by atoms with van der Waals surface area (Å²) >= 11 is 0. The quantitative estimate of drug-likeness (QED) is 0.615. The zero-order valence-corrected chi connectivity index (χ0v) is 9.83. The summed E-state index contributed by atoms with van der Waals surface area (Å²) in [6, 6.07) is 12.1. The molecule has 0 aromatic heterocycles. The van der Waals surface area contributed by atoms with Crippen molar-refractivity contribution < 1.29 is 9.66 Å². The zero-order chi connectivity index (χ0) is 12.5. The Labute approximate surface area is 104 Å². The lowest BCUT2D eigenvalue weighted by Gasteiger charge is -2.09. The highest BCUT2D eigenvalue weighted by Gasteiger charge is 2.27. The Morgan fingerprint density at radius 2 is 2.11 bits per heavy atom. The summed E-state index contributed by atoms with van der Waals surface area (Å²) in [5.41, 5.74) is 1.13. The first-order valence-electron chi connectivity index (χ1n) is 6.02. The van der Waals surface area contributed by atoms with Crippen LogP contribution in [0.1, 0.15) is 17.9 Å². The Kier molecular flexibility index (Phi) is 2.63. The predicted octanol–water partition coefficient (Wildman–Crippen LogP) is 2.98. The number of hydrogen-bond donors (Lipinski definition) is 0. The SMILES string of the molecule is O=[N+]([O-])CCC1COc2ccc3ccccc3c21. The van der Waals surface area contributed by atoms with E-state index in [0.29, 0.717) is 13.0 Å². The maximum Gasteiger partial charge on any atom is 0.204 e. The van der Waals surface area contributed by atoms with Crippen LogP contribution < -0.4 is 4.74 Å². The zero-order valence-electron chi connectivity index (χ0n) is 9.83. The van der Waals surface area contributed by atoms with Crippen molar-refractivity contribution in [3.63, 3.8) is 0 Å². The molecule has 0 saturated heterocycles. The molecule has 1 aliphatic heterocycles. The summed E-state index contributed by atoms with van der Waals surface area (Å²) in [5, 5.41) is 12.8. The molecule has 92 valence electrons. The molecule has 4 nitrogen and oxygen atoms in total. The maximum atomic E-state index is 10.5. The molecule has 4 heteroatoms. The molecule has 2 aromatic rings. The number of ether oxygens (including phenoxy) is 1. The van der Waals surface area contributed by atoms with Crippen molar-refractivity contribution in [1.82, 2.24) is 0 Å². The molecular formula is C14H13NO3. The van der Waals surface area contributed by atoms with Gasteiger partial charge in [-0.15, -0.1) is 0 Å². The number of hydrogen-bond acceptors (Lipinski definition) is 3. The van der Waals surface area contributed by atoms with Gasteiger partial charge in [-0.3, -0.25) is 10.1 Å². The molecule has 0 saturated carbocycles. The molecule has 3 rings (SSSR count). The van der Waals surface area contributed by atoms with Crippen LogP contribution in [0.5, 0.6) is 5.75 Å². The molecule has 0 amide bonds. The Balaban J connectivity index is 2.02. The van der Waals surface area contributed by atoms with Gasteiger partial charge in [-0.05, 0) is 16.8 Å². The van der Waals surface area contributed by atoms with Gasteiger partial charge in [0.1, 0.15) is 5.75 Å². The second kappa shape index (κ2) is 4.29. The van der Waals surface area contributed by atoms with E-state index in [1.165, 1.54) is 0 Å². The van der Waals surface area contributed by atoms with Gasteiger partial charge in [0, 0.05) is 22.8 Å². The van der Waals surface area contributed by atoms with Crippen molar-refractivity contribution in [2.75, 3.05) is 13.2 Å². The van der Waals surface area contributed by atoms with Gasteiger partial charge in [0.2, 0.25) is 6.54 Å². The Bertz CT molecular complexity index is 609. The predicted molar refractivity (Wildman–Crippen MR) is 68.7 cm³/mol. The fourth-order valence-corrected chi connectivity index (χ4v) is 2.59. The van der Waals surface area contributed by atoms with Crippen LogP contribution in [0.15, 0.2) is 36.4 Å². The minimum absolute atomic E-state index is 0.00329. The summed E-state index contributed by atoms with van der Waals surface area (Å²) in [4.78, 5) is 10.2. The third kappa shape index (κ3) is 1.79. The largest absolute Gasteiger partial charge is 0.493 e. The summed E-state index contributed by atoms with van der Waals surface area (Å²) in [5.74, 6) is 1.01. The fourth-order valence-electron chi connectivity index (χ4n) is 2.59. The summed E-state index contributed by atoms with van der Waals surface area (Å²) in [6.07, 6.45) is 0.536. The van der Waals surface area contributed by atoms with Crippen LogP contribution in [0.3, 0.4) is 0 Å². The van der Waals surface area contributed by atoms with E-state index < -0.39 is 0 Å². The van der Waals surface area contributed by atoms with E-state index in [2.05, 4.69) is 12.1 Å². The molecule has 1 unspecified atom stereocenters. The highest BCUT2D eigenvalue weighted by Crippen LogP contribution is 2.40. The monoisotopic (exact) mass is 243 g/mol. The van der Waals surface area contributed by atoms with Crippen molar-refractivity contribution in [1.29, 1.82) is 0 Å². The first-order chi connectivity index (χ1) is 8.75. The van der Waals surface area contributed by atoms with Crippen LogP contribution in [0.4, 0.5) is 0 Å². The number of nitrogens with zero attached hydrogens (tertiary/aromatic N) is 1. The van der Waals surface area contributed by atoms with Crippen LogP contribution >= 0.6 is 0 Å². The lowest BCUT2D eigenvalue weighted by atomic mass is 9.92. The van der Waals surface area contributed by atoms with E-state index in [4.69, 9.17) is 4.74 Å². The average molecular weight is 243 g/mol. The molecule has 18 heavy (non-hydrogen) atoms. The molecule has 1 aliphatic rings. The third-order valence-electron chi connectivity index (χ3n) is 3.44. The second-order valence-corrected chi connectivity index (χ2v) is 4.55. The Morgan fingerprint density at radius 1 is 1.28 bits per heavy atom. The lowest BCUT2D eigenvalue weighted by molar-refractivity contribution is -0.480. The van der Waals surface area contributed by atoms with Gasteiger partial charge in [0.25, 0.3) is 0 Å². The Morgan fingerprint density at radius 3 is 2.94 bits per heavy atom. The molecule has 0 aliphatic carbocycles. The standard InChI is InChI=1S/C14H13NO3/c16-15(17)8-7-11-9-18-13-6-5-10-3-1-2-4-12(10)14(11)13/h1-6,11H,7-9H2. The third-order valence-corrected chi connectivity index (χ3v) is 3.44. The van der Waals surface area contributed by atoms with Crippen molar-refractivity contribution in [2.24, 2.45) is 0 Å². The van der Waals surface area contributed by atoms with Crippen LogP contribution in [0, 0.1) is 10.1 Å². The smallest absolute Gasteiger partial charge is 0.204 e. The normalized spacial score (nSPS) is 17.4. The lowest BCUT2D eigenvalue weighted by Crippen LogP contribution is -2.09. The van der Waals surface area contributed by atoms with Gasteiger partial charge in [0.05, 0.1) is 6.61 Å². The molecule has 1 heterocycles. The minimum Gasteiger partial charge on any atom is -0.493 e. The van der Waals surface area contributed by atoms with Gasteiger partial charge in [-0.25, -0.2) is 0 Å². The molecule has 0 radical (unpaired) electrons. The van der Waals surface area contributed by atoms with Crippen molar-refractivity contribution in [2.45, 2.75) is 12.3 Å². The van der Waals surface area contributed by atoms with Crippen molar-refractivity contribution >= 4 is 10.8 Å². The van der Waals surface area contributed by atoms with Crippen molar-refractivity contribution in [3.8, 4) is 5.75 Å². The van der Waals surface area contributed by atoms with Gasteiger partial charge in [-0.2, -0.15) is 0 Å². The minimum atomic E-state index is -0.261. The summed E-state index contributed by atoms with van der Waals surface area (Å²) in [6.45, 7) is 0.549. The van der Waals surface area contributed by atoms with E-state index in [0.717, 1.165) is 22.1 Å². The highest BCUT2D eigenvalue weighted by atomic mass is 16.6. The van der Waals surface area contributed by atoms with E-state index in [1.54, 1.807) is 0 Å². The molecule has 1 atom stereocenters. The number of rotatable bonds is 3. The second-order valence-electron chi connectivity index (χ2n) is 4.55. The van der Waals surface area contributed by atoms with Crippen LogP contribution in [0.25, 0.3) is 10.8 Å². The average Bonchev–Trinajstić information content (AvgIpc) is 2.80. The number of benzene rings is 2. The van der Waals surface area contributed by atoms with E-state index in [9.17, 15) is 10.1 Å². The van der Waals surface area contributed by atoms with E-state index >= 15 is 0 Å². The van der Waals surface area contributed by atoms with Crippen molar-refractivity contribution in [3.05, 3.63) is 52.1 Å². The number of nitro groups is 1. The van der Waals surface area contributed by atoms with Crippen LogP contribution in [-0.4, -0.2) is 18.1 Å². The first kappa shape index (κ1) is 11.0. The van der Waals surface area contributed by atoms with Crippen LogP contribution in [-0.2, 0) is 0 Å². The van der Waals surface area contributed by atoms with E-state index in [-0.39, 0.29) is 17.4 Å². The topological polar surface area (TPSA) is 52.4 Å². The van der Waals surface area contributed by atoms with Gasteiger partial charge >= 0.3 is 0 Å². The molecule has 0 bridgehead atoms.